The Bertz CT molecular complexity index is 931. The fraction of sp³-hybridized carbons (Fsp3) is 0.333. The number of nitrogens with one attached hydrogen (secondary N) is 1. The summed E-state index contributed by atoms with van der Waals surface area (Å²) in [5, 5.41) is 2.76. The van der Waals surface area contributed by atoms with E-state index < -0.39 is 0 Å². The first-order valence-electron chi connectivity index (χ1n) is 8.09. The van der Waals surface area contributed by atoms with Crippen molar-refractivity contribution in [2.45, 2.75) is 12.5 Å². The van der Waals surface area contributed by atoms with Crippen molar-refractivity contribution in [1.82, 2.24) is 14.3 Å². The van der Waals surface area contributed by atoms with Gasteiger partial charge in [0.2, 0.25) is 0 Å². The van der Waals surface area contributed by atoms with Crippen LogP contribution in [-0.2, 0) is 0 Å². The van der Waals surface area contributed by atoms with Gasteiger partial charge in [-0.25, -0.2) is 23.9 Å². The topological polar surface area (TPSA) is 59.8 Å². The predicted octanol–water partition coefficient (Wildman–Crippen LogP) is 1.88. The highest BCUT2D eigenvalue weighted by Crippen LogP contribution is 2.55. The SMILES string of the molecule is O=c1[nH]n([C@@H]2C=C[C@H]3[C@@H]2[C@H]2C=C[C@H]3C2)c(=O)n1-c1ccccc1. The Morgan fingerprint density at radius 3 is 2.57 bits per heavy atom. The van der Waals surface area contributed by atoms with E-state index >= 15 is 0 Å². The molecule has 5 atom stereocenters. The standard InChI is InChI=1S/C18H17N3O2/c22-17-19-21(18(23)20(17)13-4-2-1-3-5-13)15-9-8-14-11-6-7-12(10-11)16(14)15/h1-9,11-12,14-16H,10H2,(H,19,22)/t11-,12-,14+,15+,16-/m0/s1. The lowest BCUT2D eigenvalue weighted by molar-refractivity contribution is 0.287. The van der Waals surface area contributed by atoms with Crippen molar-refractivity contribution in [3.63, 3.8) is 0 Å². The van der Waals surface area contributed by atoms with Crippen LogP contribution >= 0.6 is 0 Å². The highest BCUT2D eigenvalue weighted by atomic mass is 16.2. The normalized spacial score (nSPS) is 33.5. The molecule has 1 heterocycles. The van der Waals surface area contributed by atoms with Crippen LogP contribution < -0.4 is 11.4 Å². The van der Waals surface area contributed by atoms with Gasteiger partial charge in [0.25, 0.3) is 0 Å². The fourth-order valence-corrected chi connectivity index (χ4v) is 4.68. The highest BCUT2D eigenvalue weighted by molar-refractivity contribution is 5.31. The molecule has 1 saturated carbocycles. The molecule has 0 radical (unpaired) electrons. The summed E-state index contributed by atoms with van der Waals surface area (Å²) in [4.78, 5) is 25.1. The van der Waals surface area contributed by atoms with E-state index in [9.17, 15) is 9.59 Å². The Kier molecular flexibility index (Phi) is 2.52. The molecule has 5 heteroatoms. The third kappa shape index (κ3) is 1.67. The molecule has 1 aromatic carbocycles. The number of allylic oxidation sites excluding steroid dienone is 4. The summed E-state index contributed by atoms with van der Waals surface area (Å²) in [5.41, 5.74) is -0.0659. The summed E-state index contributed by atoms with van der Waals surface area (Å²) < 4.78 is 2.73. The van der Waals surface area contributed by atoms with Gasteiger partial charge in [-0.2, -0.15) is 0 Å². The molecular formula is C18H17N3O2. The number of rotatable bonds is 2. The molecule has 3 aliphatic rings. The molecule has 3 aliphatic carbocycles. The molecule has 2 bridgehead atoms. The number of aromatic amines is 1. The van der Waals surface area contributed by atoms with Gasteiger partial charge < -0.3 is 0 Å². The molecular weight excluding hydrogens is 290 g/mol. The molecule has 23 heavy (non-hydrogen) atoms. The Labute approximate surface area is 132 Å². The van der Waals surface area contributed by atoms with E-state index in [0.29, 0.717) is 29.4 Å². The molecule has 0 saturated heterocycles. The predicted molar refractivity (Wildman–Crippen MR) is 86.5 cm³/mol. The largest absolute Gasteiger partial charge is 0.352 e. The third-order valence-electron chi connectivity index (χ3n) is 5.64. The minimum absolute atomic E-state index is 0.0508. The summed E-state index contributed by atoms with van der Waals surface area (Å²) in [6.45, 7) is 0. The van der Waals surface area contributed by atoms with Gasteiger partial charge in [0.05, 0.1) is 11.7 Å². The Morgan fingerprint density at radius 2 is 1.74 bits per heavy atom. The van der Waals surface area contributed by atoms with E-state index in [1.54, 1.807) is 12.1 Å². The van der Waals surface area contributed by atoms with Crippen molar-refractivity contribution in [1.29, 1.82) is 0 Å². The van der Waals surface area contributed by atoms with Crippen LogP contribution in [-0.4, -0.2) is 14.3 Å². The van der Waals surface area contributed by atoms with Crippen LogP contribution in [0, 0.1) is 23.7 Å². The van der Waals surface area contributed by atoms with Crippen LogP contribution in [0.15, 0.2) is 64.2 Å². The number of H-pyrrole nitrogens is 1. The zero-order valence-electron chi connectivity index (χ0n) is 12.5. The first-order valence-corrected chi connectivity index (χ1v) is 8.09. The van der Waals surface area contributed by atoms with Crippen molar-refractivity contribution in [3.8, 4) is 5.69 Å². The van der Waals surface area contributed by atoms with Crippen molar-refractivity contribution >= 4 is 0 Å². The maximum absolute atomic E-state index is 12.8. The average Bonchev–Trinajstić information content (AvgIpc) is 3.30. The molecule has 1 fully saturated rings. The highest BCUT2D eigenvalue weighted by Gasteiger charge is 2.50. The second kappa shape index (κ2) is 4.47. The van der Waals surface area contributed by atoms with Gasteiger partial charge >= 0.3 is 11.4 Å². The molecule has 0 aliphatic heterocycles. The Hall–Kier alpha value is -2.56. The van der Waals surface area contributed by atoms with Gasteiger partial charge in [0, 0.05) is 0 Å². The lowest BCUT2D eigenvalue weighted by atomic mass is 9.83. The van der Waals surface area contributed by atoms with Crippen molar-refractivity contribution in [2.24, 2.45) is 23.7 Å². The number of nitrogens with zero attached hydrogens (tertiary/aromatic N) is 2. The number of hydrogen-bond acceptors (Lipinski definition) is 2. The van der Waals surface area contributed by atoms with Gasteiger partial charge in [0.1, 0.15) is 0 Å². The Morgan fingerprint density at radius 1 is 0.957 bits per heavy atom. The minimum atomic E-state index is -0.378. The summed E-state index contributed by atoms with van der Waals surface area (Å²) in [5.74, 6) is 2.01. The van der Waals surface area contributed by atoms with E-state index in [1.165, 1.54) is 15.7 Å². The van der Waals surface area contributed by atoms with E-state index in [-0.39, 0.29) is 17.4 Å². The number of benzene rings is 1. The molecule has 1 aromatic heterocycles. The smallest absolute Gasteiger partial charge is 0.246 e. The van der Waals surface area contributed by atoms with Crippen LogP contribution in [0.4, 0.5) is 0 Å². The first kappa shape index (κ1) is 12.9. The quantitative estimate of drug-likeness (QED) is 0.861. The number of hydrogen-bond donors (Lipinski definition) is 1. The minimum Gasteiger partial charge on any atom is -0.246 e. The van der Waals surface area contributed by atoms with Gasteiger partial charge in [0.15, 0.2) is 0 Å². The van der Waals surface area contributed by atoms with Crippen LogP contribution in [0.1, 0.15) is 12.5 Å². The summed E-state index contributed by atoms with van der Waals surface area (Å²) >= 11 is 0. The zero-order valence-corrected chi connectivity index (χ0v) is 12.5. The van der Waals surface area contributed by atoms with Gasteiger partial charge in [-0.1, -0.05) is 42.5 Å². The lowest BCUT2D eigenvalue weighted by Crippen LogP contribution is -2.32. The number of para-hydroxylation sites is 1. The molecule has 0 spiro atoms. The second-order valence-electron chi connectivity index (χ2n) is 6.72. The van der Waals surface area contributed by atoms with Gasteiger partial charge in [-0.15, -0.1) is 0 Å². The van der Waals surface area contributed by atoms with Gasteiger partial charge in [-0.05, 0) is 42.2 Å². The first-order chi connectivity index (χ1) is 11.2. The molecule has 0 unspecified atom stereocenters. The zero-order chi connectivity index (χ0) is 15.6. The van der Waals surface area contributed by atoms with Crippen LogP contribution in [0.3, 0.4) is 0 Å². The summed E-state index contributed by atoms with van der Waals surface area (Å²) in [6.07, 6.45) is 10.1. The number of fused-ring (bicyclic) bond motifs is 5. The van der Waals surface area contributed by atoms with Crippen LogP contribution in [0.5, 0.6) is 0 Å². The summed E-state index contributed by atoms with van der Waals surface area (Å²) in [6, 6.07) is 9.01. The second-order valence-corrected chi connectivity index (χ2v) is 6.72. The van der Waals surface area contributed by atoms with Gasteiger partial charge in [-0.3, -0.25) is 0 Å². The van der Waals surface area contributed by atoms with Crippen LogP contribution in [0.2, 0.25) is 0 Å². The lowest BCUT2D eigenvalue weighted by Gasteiger charge is -2.26. The van der Waals surface area contributed by atoms with Crippen molar-refractivity contribution in [3.05, 3.63) is 75.6 Å². The molecule has 0 amide bonds. The Balaban J connectivity index is 1.61. The van der Waals surface area contributed by atoms with E-state index in [0.717, 1.165) is 0 Å². The monoisotopic (exact) mass is 307 g/mol. The molecule has 5 nitrogen and oxygen atoms in total. The fourth-order valence-electron chi connectivity index (χ4n) is 4.68. The van der Waals surface area contributed by atoms with Crippen LogP contribution in [0.25, 0.3) is 5.69 Å². The molecule has 5 rings (SSSR count). The summed E-state index contributed by atoms with van der Waals surface area (Å²) in [7, 11) is 0. The van der Waals surface area contributed by atoms with Crippen molar-refractivity contribution < 1.29 is 0 Å². The maximum atomic E-state index is 12.8. The van der Waals surface area contributed by atoms with E-state index in [4.69, 9.17) is 0 Å². The average molecular weight is 307 g/mol. The number of aromatic nitrogens is 3. The van der Waals surface area contributed by atoms with E-state index in [1.807, 2.05) is 18.2 Å². The van der Waals surface area contributed by atoms with Crippen molar-refractivity contribution in [2.75, 3.05) is 0 Å². The van der Waals surface area contributed by atoms with E-state index in [2.05, 4.69) is 29.4 Å². The molecule has 1 N–H and O–H groups in total. The third-order valence-corrected chi connectivity index (χ3v) is 5.64. The maximum Gasteiger partial charge on any atom is 0.352 e. The molecule has 116 valence electrons. The molecule has 2 aromatic rings.